The van der Waals surface area contributed by atoms with Crippen LogP contribution in [-0.4, -0.2) is 9.97 Å². The largest absolute Gasteiger partial charge is 0.315 e. The van der Waals surface area contributed by atoms with Crippen molar-refractivity contribution in [3.63, 3.8) is 0 Å². The van der Waals surface area contributed by atoms with Gasteiger partial charge in [0.1, 0.15) is 11.9 Å². The summed E-state index contributed by atoms with van der Waals surface area (Å²) in [6.45, 7) is 5.88. The summed E-state index contributed by atoms with van der Waals surface area (Å²) in [5, 5.41) is 13.0. The number of hydrogen-bond donors (Lipinski definition) is 1. The van der Waals surface area contributed by atoms with Crippen LogP contribution in [0.15, 0.2) is 12.3 Å². The van der Waals surface area contributed by atoms with Crippen molar-refractivity contribution in [2.75, 3.05) is 5.32 Å². The third-order valence-electron chi connectivity index (χ3n) is 2.52. The average Bonchev–Trinajstić information content (AvgIpc) is 2.58. The van der Waals surface area contributed by atoms with Crippen molar-refractivity contribution in [1.82, 2.24) is 9.97 Å². The molecule has 0 atom stereocenters. The van der Waals surface area contributed by atoms with E-state index in [1.54, 1.807) is 17.5 Å². The van der Waals surface area contributed by atoms with Crippen molar-refractivity contribution in [1.29, 1.82) is 5.26 Å². The summed E-state index contributed by atoms with van der Waals surface area (Å²) in [5.74, 6) is 0.571. The lowest BCUT2D eigenvalue weighted by atomic mass is 10.1. The maximum atomic E-state index is 9.09. The molecule has 86 valence electrons. The highest BCUT2D eigenvalue weighted by Gasteiger charge is 2.09. The number of aryl methyl sites for hydroxylation is 3. The topological polar surface area (TPSA) is 61.6 Å². The molecule has 0 spiro atoms. The maximum absolute atomic E-state index is 9.09. The van der Waals surface area contributed by atoms with Gasteiger partial charge in [0.2, 0.25) is 0 Å². The Hall–Kier alpha value is -1.93. The molecule has 0 amide bonds. The number of nitrogens with one attached hydrogen (secondary N) is 1. The SMILES string of the molecule is Cc1ccnc(Nc2nc(C)c(C)s2)c1C#N. The molecule has 0 fully saturated rings. The molecule has 0 radical (unpaired) electrons. The Bertz CT molecular complexity index is 576. The summed E-state index contributed by atoms with van der Waals surface area (Å²) >= 11 is 1.56. The molecule has 4 nitrogen and oxygen atoms in total. The van der Waals surface area contributed by atoms with Crippen LogP contribution in [0.4, 0.5) is 10.9 Å². The molecule has 0 saturated carbocycles. The molecule has 2 aromatic rings. The van der Waals surface area contributed by atoms with Gasteiger partial charge >= 0.3 is 0 Å². The Morgan fingerprint density at radius 3 is 2.71 bits per heavy atom. The van der Waals surface area contributed by atoms with Gasteiger partial charge in [-0.25, -0.2) is 9.97 Å². The van der Waals surface area contributed by atoms with Crippen LogP contribution in [0.5, 0.6) is 0 Å². The second kappa shape index (κ2) is 4.52. The van der Waals surface area contributed by atoms with Crippen LogP contribution in [0.3, 0.4) is 0 Å². The third-order valence-corrected chi connectivity index (χ3v) is 3.51. The zero-order valence-corrected chi connectivity index (χ0v) is 10.7. The molecule has 5 heteroatoms. The predicted molar refractivity (Wildman–Crippen MR) is 68.6 cm³/mol. The Kier molecular flexibility index (Phi) is 3.07. The van der Waals surface area contributed by atoms with E-state index in [4.69, 9.17) is 5.26 Å². The number of rotatable bonds is 2. The van der Waals surface area contributed by atoms with Crippen LogP contribution in [0, 0.1) is 32.1 Å². The van der Waals surface area contributed by atoms with Gasteiger partial charge in [-0.3, -0.25) is 0 Å². The van der Waals surface area contributed by atoms with E-state index in [0.29, 0.717) is 11.4 Å². The lowest BCUT2D eigenvalue weighted by Crippen LogP contribution is -1.98. The van der Waals surface area contributed by atoms with E-state index in [1.165, 1.54) is 4.88 Å². The minimum absolute atomic E-state index is 0.568. The van der Waals surface area contributed by atoms with Crippen LogP contribution in [0.2, 0.25) is 0 Å². The molecule has 0 unspecified atom stereocenters. The minimum atomic E-state index is 0.568. The van der Waals surface area contributed by atoms with Crippen molar-refractivity contribution in [3.05, 3.63) is 34.0 Å². The zero-order chi connectivity index (χ0) is 12.4. The zero-order valence-electron chi connectivity index (χ0n) is 9.90. The van der Waals surface area contributed by atoms with E-state index in [2.05, 4.69) is 21.4 Å². The van der Waals surface area contributed by atoms with Gasteiger partial charge in [-0.15, -0.1) is 11.3 Å². The van der Waals surface area contributed by atoms with Crippen LogP contribution < -0.4 is 5.32 Å². The molecule has 0 saturated heterocycles. The lowest BCUT2D eigenvalue weighted by Gasteiger charge is -2.05. The van der Waals surface area contributed by atoms with Gasteiger partial charge in [0.05, 0.1) is 11.3 Å². The van der Waals surface area contributed by atoms with Crippen molar-refractivity contribution in [2.45, 2.75) is 20.8 Å². The first-order valence-corrected chi connectivity index (χ1v) is 6.00. The first kappa shape index (κ1) is 11.6. The Morgan fingerprint density at radius 1 is 1.35 bits per heavy atom. The highest BCUT2D eigenvalue weighted by molar-refractivity contribution is 7.15. The quantitative estimate of drug-likeness (QED) is 0.881. The second-order valence-corrected chi connectivity index (χ2v) is 4.95. The van der Waals surface area contributed by atoms with E-state index in [1.807, 2.05) is 26.8 Å². The molecule has 0 aliphatic rings. The second-order valence-electron chi connectivity index (χ2n) is 3.75. The normalized spacial score (nSPS) is 10.0. The molecular weight excluding hydrogens is 232 g/mol. The standard InChI is InChI=1S/C12H12N4S/c1-7-4-5-14-11(10(7)6-13)16-12-15-8(2)9(3)17-12/h4-5H,1-3H3,(H,14,15,16). The summed E-state index contributed by atoms with van der Waals surface area (Å²) in [7, 11) is 0. The molecule has 17 heavy (non-hydrogen) atoms. The van der Waals surface area contributed by atoms with E-state index in [-0.39, 0.29) is 0 Å². The molecule has 2 aromatic heterocycles. The van der Waals surface area contributed by atoms with Crippen LogP contribution in [0.1, 0.15) is 21.7 Å². The molecule has 2 rings (SSSR count). The van der Waals surface area contributed by atoms with E-state index in [0.717, 1.165) is 16.4 Å². The lowest BCUT2D eigenvalue weighted by molar-refractivity contribution is 1.20. The number of nitrogens with zero attached hydrogens (tertiary/aromatic N) is 3. The maximum Gasteiger partial charge on any atom is 0.188 e. The van der Waals surface area contributed by atoms with Crippen molar-refractivity contribution >= 4 is 22.3 Å². The van der Waals surface area contributed by atoms with E-state index < -0.39 is 0 Å². The fourth-order valence-corrected chi connectivity index (χ4v) is 2.24. The number of hydrogen-bond acceptors (Lipinski definition) is 5. The highest BCUT2D eigenvalue weighted by atomic mass is 32.1. The van der Waals surface area contributed by atoms with Gasteiger partial charge in [-0.1, -0.05) is 0 Å². The molecule has 0 aromatic carbocycles. The third kappa shape index (κ3) is 2.27. The first-order valence-electron chi connectivity index (χ1n) is 5.18. The summed E-state index contributed by atoms with van der Waals surface area (Å²) in [6, 6.07) is 3.98. The Morgan fingerprint density at radius 2 is 2.12 bits per heavy atom. The molecular formula is C12H12N4S. The van der Waals surface area contributed by atoms with Gasteiger partial charge in [-0.05, 0) is 32.4 Å². The number of thiazole rings is 1. The molecule has 0 bridgehead atoms. The van der Waals surface area contributed by atoms with Crippen molar-refractivity contribution in [3.8, 4) is 6.07 Å². The van der Waals surface area contributed by atoms with Gasteiger partial charge in [-0.2, -0.15) is 5.26 Å². The van der Waals surface area contributed by atoms with Gasteiger partial charge < -0.3 is 5.32 Å². The minimum Gasteiger partial charge on any atom is -0.315 e. The summed E-state index contributed by atoms with van der Waals surface area (Å²) in [4.78, 5) is 9.71. The van der Waals surface area contributed by atoms with Crippen molar-refractivity contribution in [2.24, 2.45) is 0 Å². The van der Waals surface area contributed by atoms with Gasteiger partial charge in [0.15, 0.2) is 5.13 Å². The average molecular weight is 244 g/mol. The molecule has 1 N–H and O–H groups in total. The van der Waals surface area contributed by atoms with Crippen LogP contribution in [0.25, 0.3) is 0 Å². The van der Waals surface area contributed by atoms with Crippen LogP contribution in [-0.2, 0) is 0 Å². The number of aromatic nitrogens is 2. The van der Waals surface area contributed by atoms with E-state index >= 15 is 0 Å². The molecule has 0 aliphatic carbocycles. The first-order chi connectivity index (χ1) is 8.11. The smallest absolute Gasteiger partial charge is 0.188 e. The Labute approximate surface area is 104 Å². The van der Waals surface area contributed by atoms with Crippen molar-refractivity contribution < 1.29 is 0 Å². The monoisotopic (exact) mass is 244 g/mol. The van der Waals surface area contributed by atoms with E-state index in [9.17, 15) is 0 Å². The van der Waals surface area contributed by atoms with Gasteiger partial charge in [0, 0.05) is 11.1 Å². The highest BCUT2D eigenvalue weighted by Crippen LogP contribution is 2.26. The number of anilines is 2. The fourth-order valence-electron chi connectivity index (χ4n) is 1.42. The molecule has 0 aliphatic heterocycles. The number of nitriles is 1. The fraction of sp³-hybridized carbons (Fsp3) is 0.250. The van der Waals surface area contributed by atoms with Gasteiger partial charge in [0.25, 0.3) is 0 Å². The summed E-state index contributed by atoms with van der Waals surface area (Å²) in [5.41, 5.74) is 2.48. The summed E-state index contributed by atoms with van der Waals surface area (Å²) in [6.07, 6.45) is 1.69. The summed E-state index contributed by atoms with van der Waals surface area (Å²) < 4.78 is 0. The molecule has 2 heterocycles. The van der Waals surface area contributed by atoms with Crippen LogP contribution >= 0.6 is 11.3 Å². The Balaban J connectivity index is 2.37. The number of pyridine rings is 1. The predicted octanol–water partition coefficient (Wildman–Crippen LogP) is 3.08.